The van der Waals surface area contributed by atoms with Crippen molar-refractivity contribution in [3.63, 3.8) is 0 Å². The maximum atomic E-state index is 4.79. The second-order valence-electron chi connectivity index (χ2n) is 5.50. The van der Waals surface area contributed by atoms with Crippen LogP contribution in [0.15, 0.2) is 72.9 Å². The van der Waals surface area contributed by atoms with Gasteiger partial charge in [0.15, 0.2) is 0 Å². The van der Waals surface area contributed by atoms with Crippen molar-refractivity contribution < 1.29 is 0 Å². The van der Waals surface area contributed by atoms with E-state index in [1.54, 1.807) is 0 Å². The third-order valence-corrected chi connectivity index (χ3v) is 4.01. The van der Waals surface area contributed by atoms with Crippen molar-refractivity contribution >= 4 is 10.9 Å². The number of hydrogen-bond donors (Lipinski definition) is 1. The van der Waals surface area contributed by atoms with Crippen molar-refractivity contribution in [2.75, 3.05) is 0 Å². The summed E-state index contributed by atoms with van der Waals surface area (Å²) in [7, 11) is 0. The SMILES string of the molecule is Cc1cc(-c2ccc(-c3ccc[nH]3)cc2)nc2ccccc12. The molecule has 0 bridgehead atoms. The van der Waals surface area contributed by atoms with Gasteiger partial charge < -0.3 is 4.98 Å². The molecule has 106 valence electrons. The molecule has 0 saturated carbocycles. The highest BCUT2D eigenvalue weighted by Crippen LogP contribution is 2.26. The van der Waals surface area contributed by atoms with Gasteiger partial charge in [-0.15, -0.1) is 0 Å². The minimum absolute atomic E-state index is 1.02. The third kappa shape index (κ3) is 2.19. The van der Waals surface area contributed by atoms with Gasteiger partial charge in [0.05, 0.1) is 11.2 Å². The first-order valence-corrected chi connectivity index (χ1v) is 7.42. The van der Waals surface area contributed by atoms with E-state index in [0.29, 0.717) is 0 Å². The monoisotopic (exact) mass is 284 g/mol. The number of fused-ring (bicyclic) bond motifs is 1. The van der Waals surface area contributed by atoms with Crippen LogP contribution in [-0.4, -0.2) is 9.97 Å². The molecule has 2 aromatic heterocycles. The molecule has 1 N–H and O–H groups in total. The Morgan fingerprint density at radius 1 is 0.818 bits per heavy atom. The number of rotatable bonds is 2. The van der Waals surface area contributed by atoms with Crippen LogP contribution in [0.3, 0.4) is 0 Å². The molecule has 0 aliphatic heterocycles. The first kappa shape index (κ1) is 12.8. The highest BCUT2D eigenvalue weighted by Gasteiger charge is 2.05. The van der Waals surface area contributed by atoms with E-state index in [1.807, 2.05) is 18.3 Å². The van der Waals surface area contributed by atoms with Gasteiger partial charge in [-0.05, 0) is 42.3 Å². The highest BCUT2D eigenvalue weighted by molar-refractivity contribution is 5.85. The molecule has 2 heteroatoms. The molecule has 0 unspecified atom stereocenters. The van der Waals surface area contributed by atoms with Crippen LogP contribution < -0.4 is 0 Å². The van der Waals surface area contributed by atoms with Gasteiger partial charge in [-0.25, -0.2) is 4.98 Å². The number of aromatic amines is 1. The van der Waals surface area contributed by atoms with Crippen molar-refractivity contribution in [2.24, 2.45) is 0 Å². The highest BCUT2D eigenvalue weighted by atomic mass is 14.7. The summed E-state index contributed by atoms with van der Waals surface area (Å²) in [6, 6.07) is 23.1. The fraction of sp³-hybridized carbons (Fsp3) is 0.0500. The van der Waals surface area contributed by atoms with Crippen molar-refractivity contribution in [2.45, 2.75) is 6.92 Å². The standard InChI is InChI=1S/C20H16N2/c1-14-13-20(22-19-6-3-2-5-17(14)19)16-10-8-15(9-11-16)18-7-4-12-21-18/h2-13,21H,1H3. The van der Waals surface area contributed by atoms with Crippen LogP contribution >= 0.6 is 0 Å². The molecule has 0 radical (unpaired) electrons. The van der Waals surface area contributed by atoms with E-state index in [-0.39, 0.29) is 0 Å². The average molecular weight is 284 g/mol. The van der Waals surface area contributed by atoms with E-state index >= 15 is 0 Å². The minimum Gasteiger partial charge on any atom is -0.361 e. The Kier molecular flexibility index (Phi) is 3.01. The molecule has 0 fully saturated rings. The molecule has 2 nitrogen and oxygen atoms in total. The Morgan fingerprint density at radius 2 is 1.59 bits per heavy atom. The summed E-state index contributed by atoms with van der Waals surface area (Å²) < 4.78 is 0. The van der Waals surface area contributed by atoms with Gasteiger partial charge in [-0.2, -0.15) is 0 Å². The minimum atomic E-state index is 1.02. The molecule has 0 atom stereocenters. The van der Waals surface area contributed by atoms with Gasteiger partial charge in [0.2, 0.25) is 0 Å². The fourth-order valence-corrected chi connectivity index (χ4v) is 2.83. The van der Waals surface area contributed by atoms with Crippen molar-refractivity contribution in [3.8, 4) is 22.5 Å². The average Bonchev–Trinajstić information content (AvgIpc) is 3.09. The lowest BCUT2D eigenvalue weighted by Gasteiger charge is -2.07. The molecule has 4 aromatic rings. The first-order valence-electron chi connectivity index (χ1n) is 7.42. The zero-order valence-electron chi connectivity index (χ0n) is 12.4. The number of para-hydroxylation sites is 1. The first-order chi connectivity index (χ1) is 10.8. The van der Waals surface area contributed by atoms with Gasteiger partial charge >= 0.3 is 0 Å². The number of nitrogens with one attached hydrogen (secondary N) is 1. The molecule has 2 heterocycles. The van der Waals surface area contributed by atoms with Crippen molar-refractivity contribution in [3.05, 3.63) is 78.5 Å². The van der Waals surface area contributed by atoms with Crippen LogP contribution in [-0.2, 0) is 0 Å². The number of pyridine rings is 1. The molecule has 0 saturated heterocycles. The molecule has 22 heavy (non-hydrogen) atoms. The van der Waals surface area contributed by atoms with Crippen molar-refractivity contribution in [1.82, 2.24) is 9.97 Å². The van der Waals surface area contributed by atoms with E-state index in [2.05, 4.69) is 66.5 Å². The van der Waals surface area contributed by atoms with Crippen LogP contribution in [0.2, 0.25) is 0 Å². The lowest BCUT2D eigenvalue weighted by Crippen LogP contribution is -1.88. The lowest BCUT2D eigenvalue weighted by molar-refractivity contribution is 1.36. The zero-order chi connectivity index (χ0) is 14.9. The van der Waals surface area contributed by atoms with Crippen LogP contribution in [0.1, 0.15) is 5.56 Å². The number of benzene rings is 2. The summed E-state index contributed by atoms with van der Waals surface area (Å²) in [6.45, 7) is 2.14. The predicted octanol–water partition coefficient (Wildman–Crippen LogP) is 5.21. The number of hydrogen-bond acceptors (Lipinski definition) is 1. The second kappa shape index (κ2) is 5.15. The van der Waals surface area contributed by atoms with Gasteiger partial charge in [-0.1, -0.05) is 42.5 Å². The van der Waals surface area contributed by atoms with E-state index in [0.717, 1.165) is 22.5 Å². The van der Waals surface area contributed by atoms with Crippen LogP contribution in [0.4, 0.5) is 0 Å². The molecule has 0 amide bonds. The largest absolute Gasteiger partial charge is 0.361 e. The number of nitrogens with zero attached hydrogens (tertiary/aromatic N) is 1. The Labute approximate surface area is 129 Å². The van der Waals surface area contributed by atoms with Gasteiger partial charge in [0, 0.05) is 22.8 Å². The van der Waals surface area contributed by atoms with Gasteiger partial charge in [-0.3, -0.25) is 0 Å². The maximum Gasteiger partial charge on any atom is 0.0712 e. The van der Waals surface area contributed by atoms with Crippen LogP contribution in [0.5, 0.6) is 0 Å². The number of aryl methyl sites for hydroxylation is 1. The van der Waals surface area contributed by atoms with Crippen LogP contribution in [0.25, 0.3) is 33.4 Å². The van der Waals surface area contributed by atoms with E-state index in [9.17, 15) is 0 Å². The molecule has 0 spiro atoms. The Morgan fingerprint density at radius 3 is 2.36 bits per heavy atom. The Balaban J connectivity index is 1.78. The summed E-state index contributed by atoms with van der Waals surface area (Å²) in [6.07, 6.45) is 1.94. The summed E-state index contributed by atoms with van der Waals surface area (Å²) >= 11 is 0. The second-order valence-corrected chi connectivity index (χ2v) is 5.50. The number of H-pyrrole nitrogens is 1. The molecule has 0 aliphatic rings. The molecule has 0 aliphatic carbocycles. The maximum absolute atomic E-state index is 4.79. The lowest BCUT2D eigenvalue weighted by atomic mass is 10.0. The quantitative estimate of drug-likeness (QED) is 0.538. The molecular weight excluding hydrogens is 268 g/mol. The van der Waals surface area contributed by atoms with Gasteiger partial charge in [0.1, 0.15) is 0 Å². The van der Waals surface area contributed by atoms with Crippen LogP contribution in [0, 0.1) is 6.92 Å². The summed E-state index contributed by atoms with van der Waals surface area (Å²) in [5, 5.41) is 1.22. The van der Waals surface area contributed by atoms with E-state index in [4.69, 9.17) is 4.98 Å². The smallest absolute Gasteiger partial charge is 0.0712 e. The van der Waals surface area contributed by atoms with E-state index in [1.165, 1.54) is 16.5 Å². The Hall–Kier alpha value is -2.87. The zero-order valence-corrected chi connectivity index (χ0v) is 12.4. The predicted molar refractivity (Wildman–Crippen MR) is 91.7 cm³/mol. The topological polar surface area (TPSA) is 28.7 Å². The summed E-state index contributed by atoms with van der Waals surface area (Å²) in [5.41, 5.74) is 6.79. The summed E-state index contributed by atoms with van der Waals surface area (Å²) in [4.78, 5) is 8.02. The van der Waals surface area contributed by atoms with Gasteiger partial charge in [0.25, 0.3) is 0 Å². The third-order valence-electron chi connectivity index (χ3n) is 4.01. The Bertz CT molecular complexity index is 920. The normalized spacial score (nSPS) is 11.0. The molecular formula is C20H16N2. The molecule has 4 rings (SSSR count). The van der Waals surface area contributed by atoms with Crippen molar-refractivity contribution in [1.29, 1.82) is 0 Å². The fourth-order valence-electron chi connectivity index (χ4n) is 2.83. The van der Waals surface area contributed by atoms with E-state index < -0.39 is 0 Å². The summed E-state index contributed by atoms with van der Waals surface area (Å²) in [5.74, 6) is 0. The molecule has 2 aromatic carbocycles. The number of aromatic nitrogens is 2.